The van der Waals surface area contributed by atoms with Gasteiger partial charge in [-0.3, -0.25) is 4.90 Å². The Bertz CT molecular complexity index is 231. The van der Waals surface area contributed by atoms with Crippen LogP contribution in [0.5, 0.6) is 0 Å². The molecule has 1 heterocycles. The van der Waals surface area contributed by atoms with Crippen LogP contribution in [0.3, 0.4) is 0 Å². The molecule has 19 heavy (non-hydrogen) atoms. The zero-order valence-corrected chi connectivity index (χ0v) is 13.7. The lowest BCUT2D eigenvalue weighted by Crippen LogP contribution is -2.63. The highest BCUT2D eigenvalue weighted by Crippen LogP contribution is 2.34. The summed E-state index contributed by atoms with van der Waals surface area (Å²) in [7, 11) is 0. The minimum absolute atomic E-state index is 0.276. The van der Waals surface area contributed by atoms with Crippen LogP contribution in [0.25, 0.3) is 0 Å². The van der Waals surface area contributed by atoms with E-state index in [9.17, 15) is 0 Å². The van der Waals surface area contributed by atoms with E-state index in [1.165, 1.54) is 19.3 Å². The first-order chi connectivity index (χ1) is 9.19. The molecule has 3 heteroatoms. The summed E-state index contributed by atoms with van der Waals surface area (Å²) in [6.45, 7) is 16.7. The molecule has 0 amide bonds. The second-order valence-corrected chi connectivity index (χ2v) is 5.64. The average Bonchev–Trinajstić information content (AvgIpc) is 2.96. The highest BCUT2D eigenvalue weighted by Gasteiger charge is 2.44. The Morgan fingerprint density at radius 1 is 1.16 bits per heavy atom. The van der Waals surface area contributed by atoms with Crippen molar-refractivity contribution in [3.8, 4) is 0 Å². The second kappa shape index (κ2) is 8.23. The summed E-state index contributed by atoms with van der Waals surface area (Å²) in [6.07, 6.45) is 3.62. The van der Waals surface area contributed by atoms with Crippen LogP contribution >= 0.6 is 0 Å². The Balaban J connectivity index is 3.01. The van der Waals surface area contributed by atoms with Gasteiger partial charge in [0.25, 0.3) is 0 Å². The lowest BCUT2D eigenvalue weighted by atomic mass is 9.75. The largest absolute Gasteiger partial charge is 0.381 e. The number of ether oxygens (including phenoxy) is 1. The molecule has 0 aliphatic carbocycles. The maximum absolute atomic E-state index is 5.66. The molecule has 1 fully saturated rings. The molecule has 0 saturated carbocycles. The Labute approximate surface area is 120 Å². The van der Waals surface area contributed by atoms with Crippen LogP contribution in [0.15, 0.2) is 0 Å². The molecule has 114 valence electrons. The maximum Gasteiger partial charge on any atom is 0.0510 e. The summed E-state index contributed by atoms with van der Waals surface area (Å²) < 4.78 is 5.66. The van der Waals surface area contributed by atoms with Gasteiger partial charge in [0.05, 0.1) is 6.61 Å². The van der Waals surface area contributed by atoms with Gasteiger partial charge in [0, 0.05) is 24.1 Å². The molecule has 2 unspecified atom stereocenters. The summed E-state index contributed by atoms with van der Waals surface area (Å²) in [5, 5.41) is 3.79. The number of rotatable bonds is 9. The fourth-order valence-electron chi connectivity index (χ4n) is 4.02. The predicted octanol–water partition coefficient (Wildman–Crippen LogP) is 2.90. The molecule has 2 atom stereocenters. The molecule has 0 aromatic rings. The number of likely N-dealkylation sites (N-methyl/N-ethyl adjacent to an activating group) is 2. The molecule has 1 rings (SSSR count). The lowest BCUT2D eigenvalue weighted by molar-refractivity contribution is 0.0241. The van der Waals surface area contributed by atoms with Gasteiger partial charge in [0.2, 0.25) is 0 Å². The predicted molar refractivity (Wildman–Crippen MR) is 82.6 cm³/mol. The van der Waals surface area contributed by atoms with Crippen molar-refractivity contribution in [2.24, 2.45) is 5.92 Å². The minimum atomic E-state index is 0.276. The van der Waals surface area contributed by atoms with E-state index >= 15 is 0 Å². The molecular weight excluding hydrogens is 236 g/mol. The van der Waals surface area contributed by atoms with Gasteiger partial charge in [0.1, 0.15) is 0 Å². The monoisotopic (exact) mass is 270 g/mol. The van der Waals surface area contributed by atoms with E-state index in [-0.39, 0.29) is 5.54 Å². The fourth-order valence-corrected chi connectivity index (χ4v) is 4.02. The third kappa shape index (κ3) is 3.50. The highest BCUT2D eigenvalue weighted by atomic mass is 16.5. The normalized spacial score (nSPS) is 22.1. The van der Waals surface area contributed by atoms with Crippen molar-refractivity contribution in [3.05, 3.63) is 0 Å². The van der Waals surface area contributed by atoms with Crippen LogP contribution in [-0.2, 0) is 4.74 Å². The topological polar surface area (TPSA) is 24.5 Å². The van der Waals surface area contributed by atoms with Crippen LogP contribution < -0.4 is 5.32 Å². The fraction of sp³-hybridized carbons (Fsp3) is 1.00. The van der Waals surface area contributed by atoms with Gasteiger partial charge in [-0.15, -0.1) is 0 Å². The summed E-state index contributed by atoms with van der Waals surface area (Å²) in [5.74, 6) is 0.667. The smallest absolute Gasteiger partial charge is 0.0510 e. The quantitative estimate of drug-likeness (QED) is 0.697. The number of nitrogens with zero attached hydrogens (tertiary/aromatic N) is 1. The summed E-state index contributed by atoms with van der Waals surface area (Å²) >= 11 is 0. The molecule has 1 N–H and O–H groups in total. The summed E-state index contributed by atoms with van der Waals surface area (Å²) in [4.78, 5) is 2.67. The van der Waals surface area contributed by atoms with E-state index in [0.717, 1.165) is 32.8 Å². The van der Waals surface area contributed by atoms with E-state index in [1.54, 1.807) is 0 Å². The standard InChI is InChI=1S/C16H34N2O/c1-6-16(7-2,18(9-4)10-5)15(17-8-3)14-11-12-19-13-14/h14-15,17H,6-13H2,1-5H3. The molecule has 1 aliphatic heterocycles. The van der Waals surface area contributed by atoms with Gasteiger partial charge < -0.3 is 10.1 Å². The van der Waals surface area contributed by atoms with Crippen molar-refractivity contribution in [2.45, 2.75) is 65.5 Å². The van der Waals surface area contributed by atoms with Gasteiger partial charge in [-0.1, -0.05) is 34.6 Å². The Kier molecular flexibility index (Phi) is 7.33. The minimum Gasteiger partial charge on any atom is -0.381 e. The van der Waals surface area contributed by atoms with E-state index in [1.807, 2.05) is 0 Å². The molecule has 0 spiro atoms. The van der Waals surface area contributed by atoms with Gasteiger partial charge in [-0.05, 0) is 38.9 Å². The first kappa shape index (κ1) is 16.9. The third-order valence-corrected chi connectivity index (χ3v) is 5.06. The second-order valence-electron chi connectivity index (χ2n) is 5.64. The molecule has 0 radical (unpaired) electrons. The zero-order valence-electron chi connectivity index (χ0n) is 13.7. The summed E-state index contributed by atoms with van der Waals surface area (Å²) in [5.41, 5.74) is 0.276. The lowest BCUT2D eigenvalue weighted by Gasteiger charge is -2.50. The first-order valence-electron chi connectivity index (χ1n) is 8.26. The number of nitrogens with one attached hydrogen (secondary N) is 1. The van der Waals surface area contributed by atoms with Crippen LogP contribution in [-0.4, -0.2) is 49.3 Å². The van der Waals surface area contributed by atoms with E-state index < -0.39 is 0 Å². The maximum atomic E-state index is 5.66. The van der Waals surface area contributed by atoms with Crippen molar-refractivity contribution in [3.63, 3.8) is 0 Å². The van der Waals surface area contributed by atoms with Crippen molar-refractivity contribution in [1.29, 1.82) is 0 Å². The number of hydrogen-bond donors (Lipinski definition) is 1. The highest BCUT2D eigenvalue weighted by molar-refractivity contribution is 5.02. The molecule has 0 bridgehead atoms. The van der Waals surface area contributed by atoms with Crippen LogP contribution in [0.1, 0.15) is 53.9 Å². The van der Waals surface area contributed by atoms with Crippen molar-refractivity contribution >= 4 is 0 Å². The molecular formula is C16H34N2O. The Morgan fingerprint density at radius 2 is 1.79 bits per heavy atom. The SMILES string of the molecule is CCNC(C1CCOC1)C(CC)(CC)N(CC)CC. The summed E-state index contributed by atoms with van der Waals surface area (Å²) in [6, 6.07) is 0.551. The molecule has 0 aromatic heterocycles. The van der Waals surface area contributed by atoms with Crippen molar-refractivity contribution in [2.75, 3.05) is 32.8 Å². The molecule has 0 aromatic carbocycles. The van der Waals surface area contributed by atoms with Gasteiger partial charge in [0.15, 0.2) is 0 Å². The van der Waals surface area contributed by atoms with Crippen molar-refractivity contribution in [1.82, 2.24) is 10.2 Å². The van der Waals surface area contributed by atoms with E-state index in [2.05, 4.69) is 44.8 Å². The molecule has 1 aliphatic rings. The van der Waals surface area contributed by atoms with Gasteiger partial charge in [-0.25, -0.2) is 0 Å². The Hall–Kier alpha value is -0.120. The third-order valence-electron chi connectivity index (χ3n) is 5.06. The zero-order chi connectivity index (χ0) is 14.3. The molecule has 3 nitrogen and oxygen atoms in total. The Morgan fingerprint density at radius 3 is 2.16 bits per heavy atom. The average molecular weight is 270 g/mol. The van der Waals surface area contributed by atoms with E-state index in [0.29, 0.717) is 12.0 Å². The number of hydrogen-bond acceptors (Lipinski definition) is 3. The van der Waals surface area contributed by atoms with Crippen LogP contribution in [0.2, 0.25) is 0 Å². The van der Waals surface area contributed by atoms with Crippen LogP contribution in [0, 0.1) is 5.92 Å². The van der Waals surface area contributed by atoms with Gasteiger partial charge >= 0.3 is 0 Å². The first-order valence-corrected chi connectivity index (χ1v) is 8.26. The van der Waals surface area contributed by atoms with E-state index in [4.69, 9.17) is 4.74 Å². The van der Waals surface area contributed by atoms with Crippen molar-refractivity contribution < 1.29 is 4.74 Å². The van der Waals surface area contributed by atoms with Gasteiger partial charge in [-0.2, -0.15) is 0 Å². The molecule has 1 saturated heterocycles. The van der Waals surface area contributed by atoms with Crippen LogP contribution in [0.4, 0.5) is 0 Å².